The van der Waals surface area contributed by atoms with Gasteiger partial charge in [0.05, 0.1) is 6.61 Å². The van der Waals surface area contributed by atoms with E-state index in [1.54, 1.807) is 6.92 Å². The van der Waals surface area contributed by atoms with E-state index in [9.17, 15) is 4.79 Å². The Balaban J connectivity index is 1.54. The molecule has 3 atom stereocenters. The zero-order valence-corrected chi connectivity index (χ0v) is 14.9. The molecular weight excluding hydrogens is 318 g/mol. The summed E-state index contributed by atoms with van der Waals surface area (Å²) in [4.78, 5) is 11.3. The topological polar surface area (TPSA) is 56.8 Å². The van der Waals surface area contributed by atoms with Gasteiger partial charge in [0.15, 0.2) is 0 Å². The largest absolute Gasteiger partial charge is 0.511 e. The molecule has 25 heavy (non-hydrogen) atoms. The predicted octanol–water partition coefficient (Wildman–Crippen LogP) is 3.54. The Bertz CT molecular complexity index is 643. The van der Waals surface area contributed by atoms with Gasteiger partial charge in [-0.15, -0.1) is 0 Å². The number of carbonyl (C=O) groups excluding carboxylic acids is 1. The van der Waals surface area contributed by atoms with Crippen molar-refractivity contribution >= 4 is 6.16 Å². The van der Waals surface area contributed by atoms with E-state index in [0.29, 0.717) is 18.1 Å². The summed E-state index contributed by atoms with van der Waals surface area (Å²) in [5.41, 5.74) is 3.24. The van der Waals surface area contributed by atoms with Gasteiger partial charge >= 0.3 is 6.16 Å². The lowest BCUT2D eigenvalue weighted by molar-refractivity contribution is 0.00661. The molecule has 4 rings (SSSR count). The third kappa shape index (κ3) is 2.99. The third-order valence-electron chi connectivity index (χ3n) is 6.28. The number of carbonyl (C=O) groups is 1. The van der Waals surface area contributed by atoms with Crippen molar-refractivity contribution in [2.24, 2.45) is 5.92 Å². The average molecular weight is 345 g/mol. The molecule has 2 fully saturated rings. The van der Waals surface area contributed by atoms with Gasteiger partial charge in [0.1, 0.15) is 5.75 Å². The van der Waals surface area contributed by atoms with E-state index in [-0.39, 0.29) is 6.79 Å². The van der Waals surface area contributed by atoms with Crippen LogP contribution in [0, 0.1) is 5.92 Å². The van der Waals surface area contributed by atoms with Crippen LogP contribution in [0.3, 0.4) is 0 Å². The van der Waals surface area contributed by atoms with Gasteiger partial charge in [-0.25, -0.2) is 4.79 Å². The van der Waals surface area contributed by atoms with Crippen molar-refractivity contribution in [1.82, 2.24) is 5.32 Å². The van der Waals surface area contributed by atoms with Gasteiger partial charge in [-0.3, -0.25) is 0 Å². The molecule has 1 saturated heterocycles. The lowest BCUT2D eigenvalue weighted by Gasteiger charge is -2.56. The molecule has 5 heteroatoms. The molecule has 0 amide bonds. The molecule has 136 valence electrons. The Morgan fingerprint density at radius 3 is 3.08 bits per heavy atom. The van der Waals surface area contributed by atoms with E-state index in [4.69, 9.17) is 14.2 Å². The van der Waals surface area contributed by atoms with Crippen LogP contribution in [0.25, 0.3) is 0 Å². The molecule has 1 aromatic carbocycles. The molecule has 5 nitrogen and oxygen atoms in total. The molecule has 3 aliphatic rings. The Morgan fingerprint density at radius 1 is 1.28 bits per heavy atom. The first kappa shape index (κ1) is 16.7. The zero-order chi connectivity index (χ0) is 17.3. The fraction of sp³-hybridized carbons (Fsp3) is 0.650. The highest BCUT2D eigenvalue weighted by Gasteiger charge is 2.51. The maximum Gasteiger partial charge on any atom is 0.511 e. The van der Waals surface area contributed by atoms with Crippen molar-refractivity contribution in [3.05, 3.63) is 29.3 Å². The number of hydrogen-bond acceptors (Lipinski definition) is 5. The first-order valence-electron chi connectivity index (χ1n) is 9.52. The lowest BCUT2D eigenvalue weighted by Crippen LogP contribution is -2.59. The molecule has 1 aromatic rings. The first-order chi connectivity index (χ1) is 12.2. The summed E-state index contributed by atoms with van der Waals surface area (Å²) in [6, 6.07) is 7.01. The van der Waals surface area contributed by atoms with Gasteiger partial charge in [0.2, 0.25) is 6.79 Å². The molecule has 0 aromatic heterocycles. The molecule has 1 saturated carbocycles. The number of piperidine rings is 1. The maximum atomic E-state index is 11.3. The molecule has 2 bridgehead atoms. The van der Waals surface area contributed by atoms with Crippen LogP contribution in [0.15, 0.2) is 18.2 Å². The van der Waals surface area contributed by atoms with E-state index in [1.807, 2.05) is 6.07 Å². The minimum Gasteiger partial charge on any atom is -0.457 e. The highest BCUT2D eigenvalue weighted by atomic mass is 16.8. The SMILES string of the molecule is CCOC(=O)OCOc1ccc2c(c1)[C@@]13CCCC[C@H]1[C@@H](C2)NCC3. The second-order valence-electron chi connectivity index (χ2n) is 7.43. The van der Waals surface area contributed by atoms with Gasteiger partial charge in [-0.1, -0.05) is 18.9 Å². The van der Waals surface area contributed by atoms with Crippen molar-refractivity contribution in [2.75, 3.05) is 19.9 Å². The third-order valence-corrected chi connectivity index (χ3v) is 6.28. The van der Waals surface area contributed by atoms with Gasteiger partial charge in [0, 0.05) is 11.5 Å². The van der Waals surface area contributed by atoms with Crippen LogP contribution in [-0.4, -0.2) is 32.1 Å². The summed E-state index contributed by atoms with van der Waals surface area (Å²) in [5.74, 6) is 1.52. The second-order valence-corrected chi connectivity index (χ2v) is 7.43. The van der Waals surface area contributed by atoms with E-state index in [2.05, 4.69) is 17.4 Å². The fourth-order valence-corrected chi connectivity index (χ4v) is 5.30. The second kappa shape index (κ2) is 6.87. The number of hydrogen-bond donors (Lipinski definition) is 1. The van der Waals surface area contributed by atoms with Crippen molar-refractivity contribution < 1.29 is 19.0 Å². The Hall–Kier alpha value is -1.75. The van der Waals surface area contributed by atoms with Crippen LogP contribution in [0.4, 0.5) is 4.79 Å². The Kier molecular flexibility index (Phi) is 4.59. The molecule has 1 N–H and O–H groups in total. The summed E-state index contributed by atoms with van der Waals surface area (Å²) in [7, 11) is 0. The molecule has 1 aliphatic heterocycles. The van der Waals surface area contributed by atoms with E-state index in [0.717, 1.165) is 24.6 Å². The summed E-state index contributed by atoms with van der Waals surface area (Å²) < 4.78 is 15.3. The van der Waals surface area contributed by atoms with E-state index < -0.39 is 6.16 Å². The number of fused-ring (bicyclic) bond motifs is 1. The van der Waals surface area contributed by atoms with Crippen molar-refractivity contribution in [2.45, 2.75) is 56.9 Å². The predicted molar refractivity (Wildman–Crippen MR) is 93.8 cm³/mol. The number of rotatable bonds is 4. The summed E-state index contributed by atoms with van der Waals surface area (Å²) in [6.45, 7) is 3.05. The molecule has 2 aliphatic carbocycles. The first-order valence-corrected chi connectivity index (χ1v) is 9.52. The molecular formula is C20H27NO4. The summed E-state index contributed by atoms with van der Waals surface area (Å²) in [5, 5.41) is 3.76. The normalized spacial score (nSPS) is 30.0. The molecule has 0 unspecified atom stereocenters. The van der Waals surface area contributed by atoms with Crippen LogP contribution >= 0.6 is 0 Å². The van der Waals surface area contributed by atoms with Crippen LogP contribution in [0.2, 0.25) is 0 Å². The van der Waals surface area contributed by atoms with Gasteiger partial charge in [-0.05, 0) is 68.3 Å². The van der Waals surface area contributed by atoms with E-state index >= 15 is 0 Å². The average Bonchev–Trinajstić information content (AvgIpc) is 2.62. The van der Waals surface area contributed by atoms with Gasteiger partial charge in [-0.2, -0.15) is 0 Å². The molecule has 1 heterocycles. The summed E-state index contributed by atoms with van der Waals surface area (Å²) in [6.07, 6.45) is 6.92. The zero-order valence-electron chi connectivity index (χ0n) is 14.9. The molecule has 0 radical (unpaired) electrons. The van der Waals surface area contributed by atoms with Crippen molar-refractivity contribution in [1.29, 1.82) is 0 Å². The van der Waals surface area contributed by atoms with Crippen LogP contribution in [0.1, 0.15) is 50.2 Å². The number of nitrogens with one attached hydrogen (secondary N) is 1. The standard InChI is InChI=1S/C20H27NO4/c1-2-23-19(22)25-13-24-15-7-6-14-11-18-16-5-3-4-8-20(16,9-10-21-18)17(14)12-15/h6-7,12,16,18,21H,2-5,8-11,13H2,1H3/t16-,18+,20+/m0/s1. The van der Waals surface area contributed by atoms with Crippen LogP contribution < -0.4 is 10.1 Å². The van der Waals surface area contributed by atoms with Crippen molar-refractivity contribution in [3.8, 4) is 5.75 Å². The minimum absolute atomic E-state index is 0.113. The van der Waals surface area contributed by atoms with Crippen molar-refractivity contribution in [3.63, 3.8) is 0 Å². The molecule has 0 spiro atoms. The smallest absolute Gasteiger partial charge is 0.457 e. The number of benzene rings is 1. The van der Waals surface area contributed by atoms with Gasteiger partial charge < -0.3 is 19.5 Å². The highest BCUT2D eigenvalue weighted by Crippen LogP contribution is 2.54. The Morgan fingerprint density at radius 2 is 2.20 bits per heavy atom. The fourth-order valence-electron chi connectivity index (χ4n) is 5.30. The Labute approximate surface area is 149 Å². The maximum absolute atomic E-state index is 11.3. The monoisotopic (exact) mass is 345 g/mol. The quantitative estimate of drug-likeness (QED) is 0.668. The number of ether oxygens (including phenoxy) is 3. The van der Waals surface area contributed by atoms with Crippen LogP contribution in [-0.2, 0) is 21.3 Å². The minimum atomic E-state index is -0.687. The van der Waals surface area contributed by atoms with E-state index in [1.165, 1.54) is 43.2 Å². The van der Waals surface area contributed by atoms with Gasteiger partial charge in [0.25, 0.3) is 0 Å². The lowest BCUT2D eigenvalue weighted by atomic mass is 9.53. The highest BCUT2D eigenvalue weighted by molar-refractivity contribution is 5.59. The summed E-state index contributed by atoms with van der Waals surface area (Å²) >= 11 is 0. The van der Waals surface area contributed by atoms with Crippen LogP contribution in [0.5, 0.6) is 5.75 Å².